The van der Waals surface area contributed by atoms with Gasteiger partial charge in [0.2, 0.25) is 5.70 Å². The fraction of sp³-hybridized carbons (Fsp3) is 0.600. The second kappa shape index (κ2) is 2.75. The van der Waals surface area contributed by atoms with Crippen LogP contribution in [0.3, 0.4) is 0 Å². The molecule has 64 valence electrons. The molecule has 0 N–H and O–H groups in total. The quantitative estimate of drug-likeness (QED) is 0.487. The summed E-state index contributed by atoms with van der Waals surface area (Å²) in [4.78, 5) is 7.88. The lowest BCUT2D eigenvalue weighted by molar-refractivity contribution is 0.592. The summed E-state index contributed by atoms with van der Waals surface area (Å²) in [5.41, 5.74) is 2.87. The second-order valence-corrected chi connectivity index (χ2v) is 4.16. The maximum atomic E-state index is 7.03. The van der Waals surface area contributed by atoms with E-state index >= 15 is 0 Å². The van der Waals surface area contributed by atoms with Gasteiger partial charge in [0.25, 0.3) is 0 Å². The van der Waals surface area contributed by atoms with Crippen molar-refractivity contribution in [2.45, 2.75) is 27.7 Å². The summed E-state index contributed by atoms with van der Waals surface area (Å²) >= 11 is 0. The minimum atomic E-state index is 0.0116. The molecule has 0 aromatic rings. The number of hydrogen-bond donors (Lipinski definition) is 0. The van der Waals surface area contributed by atoms with Gasteiger partial charge in [-0.3, -0.25) is 4.99 Å². The van der Waals surface area contributed by atoms with Crippen molar-refractivity contribution in [1.29, 1.82) is 0 Å². The Kier molecular flexibility index (Phi) is 2.06. The largest absolute Gasteiger partial charge is 0.298 e. The van der Waals surface area contributed by atoms with Crippen LogP contribution in [0.25, 0.3) is 4.85 Å². The number of rotatable bonds is 0. The SMILES string of the molecule is [C-]#[N+]C1=C(C)CN=C1C(C)(C)C. The van der Waals surface area contributed by atoms with E-state index in [1.54, 1.807) is 0 Å². The Hall–Kier alpha value is -1.10. The van der Waals surface area contributed by atoms with Crippen LogP contribution in [0.4, 0.5) is 0 Å². The highest BCUT2D eigenvalue weighted by atomic mass is 14.9. The van der Waals surface area contributed by atoms with Crippen molar-refractivity contribution >= 4 is 5.71 Å². The molecule has 0 aromatic heterocycles. The Morgan fingerprint density at radius 3 is 2.33 bits per heavy atom. The number of hydrogen-bond acceptors (Lipinski definition) is 1. The van der Waals surface area contributed by atoms with Crippen LogP contribution in [0.1, 0.15) is 27.7 Å². The smallest absolute Gasteiger partial charge is 0.209 e. The highest BCUT2D eigenvalue weighted by Gasteiger charge is 2.27. The maximum absolute atomic E-state index is 7.03. The highest BCUT2D eigenvalue weighted by molar-refractivity contribution is 6.07. The first-order chi connectivity index (χ1) is 5.46. The zero-order valence-electron chi connectivity index (χ0n) is 8.10. The molecule has 0 amide bonds. The third kappa shape index (κ3) is 1.40. The second-order valence-electron chi connectivity index (χ2n) is 4.16. The van der Waals surface area contributed by atoms with Gasteiger partial charge in [-0.05, 0) is 11.0 Å². The lowest BCUT2D eigenvalue weighted by Crippen LogP contribution is -2.19. The highest BCUT2D eigenvalue weighted by Crippen LogP contribution is 2.28. The fourth-order valence-corrected chi connectivity index (χ4v) is 1.29. The lowest BCUT2D eigenvalue weighted by Gasteiger charge is -2.18. The molecule has 2 heteroatoms. The number of nitrogens with zero attached hydrogens (tertiary/aromatic N) is 2. The van der Waals surface area contributed by atoms with Crippen molar-refractivity contribution in [3.63, 3.8) is 0 Å². The van der Waals surface area contributed by atoms with E-state index in [0.29, 0.717) is 6.54 Å². The van der Waals surface area contributed by atoms with E-state index in [0.717, 1.165) is 17.0 Å². The summed E-state index contributed by atoms with van der Waals surface area (Å²) in [6.45, 7) is 16.0. The molecule has 0 saturated heterocycles. The van der Waals surface area contributed by atoms with E-state index in [1.807, 2.05) is 6.92 Å². The van der Waals surface area contributed by atoms with Crippen molar-refractivity contribution < 1.29 is 0 Å². The predicted octanol–water partition coefficient (Wildman–Crippen LogP) is 2.68. The summed E-state index contributed by atoms with van der Waals surface area (Å²) in [5, 5.41) is 0. The molecule has 0 aromatic carbocycles. The van der Waals surface area contributed by atoms with Crippen LogP contribution in [0, 0.1) is 12.0 Å². The molecule has 0 radical (unpaired) electrons. The Morgan fingerprint density at radius 1 is 1.42 bits per heavy atom. The first-order valence-corrected chi connectivity index (χ1v) is 4.09. The van der Waals surface area contributed by atoms with Crippen molar-refractivity contribution in [1.82, 2.24) is 0 Å². The Labute approximate surface area is 73.8 Å². The Morgan fingerprint density at radius 2 is 2.00 bits per heavy atom. The molecule has 2 nitrogen and oxygen atoms in total. The van der Waals surface area contributed by atoms with Crippen LogP contribution in [-0.4, -0.2) is 12.3 Å². The molecule has 0 bridgehead atoms. The lowest BCUT2D eigenvalue weighted by atomic mass is 9.88. The topological polar surface area (TPSA) is 16.7 Å². The third-order valence-corrected chi connectivity index (χ3v) is 1.93. The van der Waals surface area contributed by atoms with Crippen LogP contribution in [0.15, 0.2) is 16.3 Å². The average Bonchev–Trinajstić information content (AvgIpc) is 2.29. The van der Waals surface area contributed by atoms with Crippen LogP contribution in [0.5, 0.6) is 0 Å². The minimum Gasteiger partial charge on any atom is -0.298 e. The summed E-state index contributed by atoms with van der Waals surface area (Å²) in [6.07, 6.45) is 0. The van der Waals surface area contributed by atoms with Gasteiger partial charge in [-0.1, -0.05) is 27.7 Å². The van der Waals surface area contributed by atoms with Gasteiger partial charge in [-0.15, -0.1) is 0 Å². The van der Waals surface area contributed by atoms with Gasteiger partial charge in [-0.2, -0.15) is 0 Å². The fourth-order valence-electron chi connectivity index (χ4n) is 1.29. The first-order valence-electron chi connectivity index (χ1n) is 4.09. The standard InChI is InChI=1S/C10H14N2/c1-7-6-12-9(8(7)11-5)10(2,3)4/h6H2,1-4H3. The van der Waals surface area contributed by atoms with Gasteiger partial charge in [0.1, 0.15) is 0 Å². The molecule has 1 rings (SSSR count). The van der Waals surface area contributed by atoms with Crippen molar-refractivity contribution in [3.8, 4) is 0 Å². The first kappa shape index (κ1) is 8.99. The Bertz CT molecular complexity index is 295. The molecule has 12 heavy (non-hydrogen) atoms. The van der Waals surface area contributed by atoms with Crippen LogP contribution >= 0.6 is 0 Å². The monoisotopic (exact) mass is 162 g/mol. The molecule has 0 fully saturated rings. The van der Waals surface area contributed by atoms with E-state index in [9.17, 15) is 0 Å². The molecule has 0 atom stereocenters. The van der Waals surface area contributed by atoms with Crippen LogP contribution in [0.2, 0.25) is 0 Å². The zero-order valence-corrected chi connectivity index (χ0v) is 8.10. The van der Waals surface area contributed by atoms with Crippen LogP contribution < -0.4 is 0 Å². The number of allylic oxidation sites excluding steroid dienone is 1. The molecule has 0 spiro atoms. The van der Waals surface area contributed by atoms with Gasteiger partial charge in [-0.25, -0.2) is 4.85 Å². The summed E-state index contributed by atoms with van der Waals surface area (Å²) in [6, 6.07) is 0. The summed E-state index contributed by atoms with van der Waals surface area (Å²) in [7, 11) is 0. The summed E-state index contributed by atoms with van der Waals surface area (Å²) in [5.74, 6) is 0. The van der Waals surface area contributed by atoms with Gasteiger partial charge in [0, 0.05) is 12.3 Å². The van der Waals surface area contributed by atoms with Crippen molar-refractivity contribution in [3.05, 3.63) is 22.7 Å². The molecule has 0 aliphatic carbocycles. The van der Waals surface area contributed by atoms with E-state index in [4.69, 9.17) is 6.57 Å². The molecular weight excluding hydrogens is 148 g/mol. The molecular formula is C10H14N2. The average molecular weight is 162 g/mol. The normalized spacial score (nSPS) is 17.8. The molecule has 1 aliphatic heterocycles. The van der Waals surface area contributed by atoms with Gasteiger partial charge < -0.3 is 0 Å². The minimum absolute atomic E-state index is 0.0116. The zero-order chi connectivity index (χ0) is 9.35. The van der Waals surface area contributed by atoms with Gasteiger partial charge in [0.05, 0.1) is 6.57 Å². The predicted molar refractivity (Wildman–Crippen MR) is 51.1 cm³/mol. The third-order valence-electron chi connectivity index (χ3n) is 1.93. The summed E-state index contributed by atoms with van der Waals surface area (Å²) < 4.78 is 0. The molecule has 0 unspecified atom stereocenters. The van der Waals surface area contributed by atoms with E-state index in [1.165, 1.54) is 0 Å². The Balaban J connectivity index is 3.07. The van der Waals surface area contributed by atoms with Crippen LogP contribution in [-0.2, 0) is 0 Å². The maximum Gasteiger partial charge on any atom is 0.209 e. The van der Waals surface area contributed by atoms with Crippen molar-refractivity contribution in [2.75, 3.05) is 6.54 Å². The molecule has 0 saturated carbocycles. The van der Waals surface area contributed by atoms with E-state index in [2.05, 4.69) is 30.6 Å². The van der Waals surface area contributed by atoms with Gasteiger partial charge in [0.15, 0.2) is 0 Å². The van der Waals surface area contributed by atoms with Crippen molar-refractivity contribution in [2.24, 2.45) is 10.4 Å². The van der Waals surface area contributed by atoms with Gasteiger partial charge >= 0.3 is 0 Å². The molecule has 1 heterocycles. The molecule has 1 aliphatic rings. The van der Waals surface area contributed by atoms with E-state index in [-0.39, 0.29) is 5.41 Å². The van der Waals surface area contributed by atoms with E-state index < -0.39 is 0 Å². The number of aliphatic imine (C=N–C) groups is 1.